The minimum atomic E-state index is -0.120. The van der Waals surface area contributed by atoms with Crippen LogP contribution in [0.15, 0.2) is 0 Å². The van der Waals surface area contributed by atoms with Gasteiger partial charge in [0.25, 0.3) is 0 Å². The summed E-state index contributed by atoms with van der Waals surface area (Å²) in [7, 11) is 0. The van der Waals surface area contributed by atoms with E-state index in [9.17, 15) is 4.79 Å². The lowest BCUT2D eigenvalue weighted by molar-refractivity contribution is -0.145. The maximum absolute atomic E-state index is 11.8. The molecule has 4 nitrogen and oxygen atoms in total. The summed E-state index contributed by atoms with van der Waals surface area (Å²) in [5.74, 6) is 0.587. The third kappa shape index (κ3) is 4.94. The number of nitrogens with one attached hydrogen (secondary N) is 1. The van der Waals surface area contributed by atoms with Crippen molar-refractivity contribution in [2.75, 3.05) is 32.8 Å². The first-order valence-electron chi connectivity index (χ1n) is 7.33. The molecule has 0 spiro atoms. The van der Waals surface area contributed by atoms with E-state index in [1.165, 1.54) is 13.0 Å². The van der Waals surface area contributed by atoms with Gasteiger partial charge >= 0.3 is 5.97 Å². The third-order valence-corrected chi connectivity index (χ3v) is 3.62. The number of hydrogen-bond donors (Lipinski definition) is 1. The summed E-state index contributed by atoms with van der Waals surface area (Å²) >= 11 is 0. The highest BCUT2D eigenvalue weighted by atomic mass is 16.5. The van der Waals surface area contributed by atoms with Gasteiger partial charge in [-0.3, -0.25) is 4.79 Å². The predicted molar refractivity (Wildman–Crippen MR) is 73.6 cm³/mol. The van der Waals surface area contributed by atoms with Gasteiger partial charge in [-0.2, -0.15) is 0 Å². The van der Waals surface area contributed by atoms with Crippen LogP contribution in [-0.2, 0) is 9.53 Å². The molecule has 1 saturated heterocycles. The normalized spacial score (nSPS) is 22.1. The fourth-order valence-electron chi connectivity index (χ4n) is 2.51. The molecule has 1 rings (SSSR count). The molecule has 1 heterocycles. The third-order valence-electron chi connectivity index (χ3n) is 3.62. The smallest absolute Gasteiger partial charge is 0.323 e. The molecule has 1 aliphatic heterocycles. The Labute approximate surface area is 111 Å². The second-order valence-corrected chi connectivity index (χ2v) is 5.05. The van der Waals surface area contributed by atoms with Crippen molar-refractivity contribution >= 4 is 5.97 Å². The van der Waals surface area contributed by atoms with Gasteiger partial charge in [-0.1, -0.05) is 20.3 Å². The molecule has 0 bridgehead atoms. The SMILES string of the molecule is CCCC(NCC1CCN(CC)C1)C(=O)OCC. The molecule has 0 amide bonds. The Morgan fingerprint density at radius 2 is 2.22 bits per heavy atom. The number of ether oxygens (including phenoxy) is 1. The number of hydrogen-bond acceptors (Lipinski definition) is 4. The highest BCUT2D eigenvalue weighted by Gasteiger charge is 2.24. The van der Waals surface area contributed by atoms with E-state index in [4.69, 9.17) is 4.74 Å². The van der Waals surface area contributed by atoms with Gasteiger partial charge in [0, 0.05) is 13.1 Å². The molecule has 0 aromatic rings. The van der Waals surface area contributed by atoms with Gasteiger partial charge < -0.3 is 15.0 Å². The number of rotatable bonds is 8. The summed E-state index contributed by atoms with van der Waals surface area (Å²) in [5.41, 5.74) is 0. The predicted octanol–water partition coefficient (Wildman–Crippen LogP) is 1.65. The van der Waals surface area contributed by atoms with Crippen molar-refractivity contribution in [2.24, 2.45) is 5.92 Å². The lowest BCUT2D eigenvalue weighted by Crippen LogP contribution is -2.41. The van der Waals surface area contributed by atoms with Gasteiger partial charge in [-0.05, 0) is 38.8 Å². The van der Waals surface area contributed by atoms with Gasteiger partial charge in [0.15, 0.2) is 0 Å². The highest BCUT2D eigenvalue weighted by molar-refractivity contribution is 5.75. The Bertz CT molecular complexity index is 246. The molecular weight excluding hydrogens is 228 g/mol. The summed E-state index contributed by atoms with van der Waals surface area (Å²) in [4.78, 5) is 14.2. The van der Waals surface area contributed by atoms with Crippen LogP contribution in [0.25, 0.3) is 0 Å². The first-order chi connectivity index (χ1) is 8.71. The Hall–Kier alpha value is -0.610. The lowest BCUT2D eigenvalue weighted by Gasteiger charge is -2.19. The fraction of sp³-hybridized carbons (Fsp3) is 0.929. The molecule has 0 saturated carbocycles. The quantitative estimate of drug-likeness (QED) is 0.671. The molecule has 106 valence electrons. The van der Waals surface area contributed by atoms with Crippen LogP contribution >= 0.6 is 0 Å². The van der Waals surface area contributed by atoms with E-state index < -0.39 is 0 Å². The van der Waals surface area contributed by atoms with E-state index in [2.05, 4.69) is 24.1 Å². The van der Waals surface area contributed by atoms with Crippen LogP contribution in [0.5, 0.6) is 0 Å². The standard InChI is InChI=1S/C14H28N2O2/c1-4-7-13(14(17)18-6-3)15-10-12-8-9-16(5-2)11-12/h12-13,15H,4-11H2,1-3H3. The molecule has 2 unspecified atom stereocenters. The van der Waals surface area contributed by atoms with Crippen molar-refractivity contribution in [3.63, 3.8) is 0 Å². The molecule has 4 heteroatoms. The first kappa shape index (κ1) is 15.4. The monoisotopic (exact) mass is 256 g/mol. The molecule has 18 heavy (non-hydrogen) atoms. The van der Waals surface area contributed by atoms with Gasteiger partial charge in [-0.25, -0.2) is 0 Å². The highest BCUT2D eigenvalue weighted by Crippen LogP contribution is 2.15. The maximum Gasteiger partial charge on any atom is 0.323 e. The van der Waals surface area contributed by atoms with Gasteiger partial charge in [-0.15, -0.1) is 0 Å². The van der Waals surface area contributed by atoms with E-state index in [0.29, 0.717) is 12.5 Å². The Kier molecular flexibility index (Phi) is 7.28. The molecule has 2 atom stereocenters. The summed E-state index contributed by atoms with van der Waals surface area (Å²) in [5, 5.41) is 3.39. The van der Waals surface area contributed by atoms with Crippen molar-refractivity contribution in [3.05, 3.63) is 0 Å². The maximum atomic E-state index is 11.8. The lowest BCUT2D eigenvalue weighted by atomic mass is 10.1. The zero-order valence-electron chi connectivity index (χ0n) is 12.1. The van der Waals surface area contributed by atoms with Crippen LogP contribution in [0, 0.1) is 5.92 Å². The van der Waals surface area contributed by atoms with Crippen molar-refractivity contribution in [1.29, 1.82) is 0 Å². The number of likely N-dealkylation sites (tertiary alicyclic amines) is 1. The second-order valence-electron chi connectivity index (χ2n) is 5.05. The molecule has 1 N–H and O–H groups in total. The topological polar surface area (TPSA) is 41.6 Å². The van der Waals surface area contributed by atoms with Crippen LogP contribution in [0.3, 0.4) is 0 Å². The Balaban J connectivity index is 2.31. The van der Waals surface area contributed by atoms with Gasteiger partial charge in [0.1, 0.15) is 6.04 Å². The van der Waals surface area contributed by atoms with Crippen molar-refractivity contribution in [1.82, 2.24) is 10.2 Å². The Morgan fingerprint density at radius 1 is 1.44 bits per heavy atom. The van der Waals surface area contributed by atoms with Crippen LogP contribution in [0.1, 0.15) is 40.0 Å². The van der Waals surface area contributed by atoms with Crippen LogP contribution in [0.2, 0.25) is 0 Å². The van der Waals surface area contributed by atoms with E-state index >= 15 is 0 Å². The summed E-state index contributed by atoms with van der Waals surface area (Å²) in [6.45, 7) is 11.0. The van der Waals surface area contributed by atoms with E-state index in [-0.39, 0.29) is 12.0 Å². The summed E-state index contributed by atoms with van der Waals surface area (Å²) < 4.78 is 5.10. The average Bonchev–Trinajstić information content (AvgIpc) is 2.82. The van der Waals surface area contributed by atoms with Crippen molar-refractivity contribution in [3.8, 4) is 0 Å². The molecular formula is C14H28N2O2. The van der Waals surface area contributed by atoms with Crippen LogP contribution in [-0.4, -0.2) is 49.7 Å². The zero-order valence-corrected chi connectivity index (χ0v) is 12.1. The molecule has 1 fully saturated rings. The number of nitrogens with zero attached hydrogens (tertiary/aromatic N) is 1. The van der Waals surface area contributed by atoms with Gasteiger partial charge in [0.2, 0.25) is 0 Å². The van der Waals surface area contributed by atoms with Crippen LogP contribution < -0.4 is 5.32 Å². The molecule has 0 aromatic heterocycles. The first-order valence-corrected chi connectivity index (χ1v) is 7.33. The number of carbonyl (C=O) groups is 1. The van der Waals surface area contributed by atoms with Gasteiger partial charge in [0.05, 0.1) is 6.61 Å². The minimum absolute atomic E-state index is 0.0929. The van der Waals surface area contributed by atoms with E-state index in [0.717, 1.165) is 32.5 Å². The largest absolute Gasteiger partial charge is 0.465 e. The second kappa shape index (κ2) is 8.48. The minimum Gasteiger partial charge on any atom is -0.465 e. The van der Waals surface area contributed by atoms with Crippen LogP contribution in [0.4, 0.5) is 0 Å². The van der Waals surface area contributed by atoms with Crippen molar-refractivity contribution < 1.29 is 9.53 Å². The summed E-state index contributed by atoms with van der Waals surface area (Å²) in [6, 6.07) is -0.120. The van der Waals surface area contributed by atoms with Crippen molar-refractivity contribution in [2.45, 2.75) is 46.1 Å². The molecule has 0 aromatic carbocycles. The van der Waals surface area contributed by atoms with E-state index in [1.54, 1.807) is 0 Å². The fourth-order valence-corrected chi connectivity index (χ4v) is 2.51. The Morgan fingerprint density at radius 3 is 2.78 bits per heavy atom. The number of esters is 1. The number of carbonyl (C=O) groups excluding carboxylic acids is 1. The zero-order chi connectivity index (χ0) is 13.4. The molecule has 0 radical (unpaired) electrons. The molecule has 1 aliphatic rings. The molecule has 0 aliphatic carbocycles. The summed E-state index contributed by atoms with van der Waals surface area (Å²) in [6.07, 6.45) is 3.10. The van der Waals surface area contributed by atoms with E-state index in [1.807, 2.05) is 6.92 Å². The average molecular weight is 256 g/mol.